The van der Waals surface area contributed by atoms with Crippen molar-refractivity contribution in [3.63, 3.8) is 0 Å². The zero-order chi connectivity index (χ0) is 6.69. The Bertz CT molecular complexity index is 170. The molecule has 0 atom stereocenters. The lowest BCUT2D eigenvalue weighted by Crippen LogP contribution is -1.89. The van der Waals surface area contributed by atoms with Gasteiger partial charge in [0.15, 0.2) is 11.8 Å². The van der Waals surface area contributed by atoms with Crippen LogP contribution in [0.4, 0.5) is 0 Å². The summed E-state index contributed by atoms with van der Waals surface area (Å²) in [6.07, 6.45) is 3.46. The van der Waals surface area contributed by atoms with Gasteiger partial charge in [0.1, 0.15) is 6.20 Å². The van der Waals surface area contributed by atoms with Crippen LogP contribution in [-0.4, -0.2) is 10.2 Å². The Morgan fingerprint density at radius 2 is 2.11 bits per heavy atom. The van der Waals surface area contributed by atoms with Crippen molar-refractivity contribution in [1.82, 2.24) is 10.2 Å². The van der Waals surface area contributed by atoms with E-state index in [0.717, 1.165) is 5.56 Å². The van der Waals surface area contributed by atoms with Crippen LogP contribution in [0.15, 0.2) is 18.5 Å². The number of aromatic nitrogens is 2. The van der Waals surface area contributed by atoms with E-state index in [0.29, 0.717) is 0 Å². The van der Waals surface area contributed by atoms with Gasteiger partial charge in [-0.05, 0) is 0 Å². The Hall–Kier alpha value is -1.05. The highest BCUT2D eigenvalue weighted by Gasteiger charge is 2.05. The van der Waals surface area contributed by atoms with Crippen molar-refractivity contribution in [2.45, 2.75) is 13.8 Å². The quantitative estimate of drug-likeness (QED) is 0.525. The van der Waals surface area contributed by atoms with E-state index in [4.69, 9.17) is 0 Å². The predicted octanol–water partition coefficient (Wildman–Crippen LogP) is 1.44. The minimum atomic E-state index is 1.16. The molecule has 0 saturated heterocycles. The van der Waals surface area contributed by atoms with Gasteiger partial charge in [-0.3, -0.25) is 0 Å². The Morgan fingerprint density at radius 1 is 1.33 bits per heavy atom. The molecule has 9 heavy (non-hydrogen) atoms. The lowest BCUT2D eigenvalue weighted by atomic mass is 10.1. The Balaban J connectivity index is 2.85. The topological polar surface area (TPSA) is 25.8 Å². The molecular formula is C7H9N2+. The monoisotopic (exact) mass is 121 g/mol. The van der Waals surface area contributed by atoms with Gasteiger partial charge >= 0.3 is 0 Å². The van der Waals surface area contributed by atoms with Crippen molar-refractivity contribution in [2.75, 3.05) is 0 Å². The Morgan fingerprint density at radius 3 is 2.44 bits per heavy atom. The molecule has 2 heteroatoms. The summed E-state index contributed by atoms with van der Waals surface area (Å²) in [5.74, 6) is 1.27. The normalized spacial score (nSPS) is 9.11. The van der Waals surface area contributed by atoms with Crippen molar-refractivity contribution < 1.29 is 0 Å². The van der Waals surface area contributed by atoms with E-state index in [1.54, 1.807) is 12.4 Å². The molecule has 2 nitrogen and oxygen atoms in total. The summed E-state index contributed by atoms with van der Waals surface area (Å²) in [6.45, 7) is 4.11. The molecule has 46 valence electrons. The standard InChI is InChI=1S/C7H9N2/c1-6(2)7-3-4-8-9-5-7/h3-5H,1-2H3/q+1. The minimum Gasteiger partial charge on any atom is -0.130 e. The average Bonchev–Trinajstić information content (AvgIpc) is 1.90. The lowest BCUT2D eigenvalue weighted by molar-refractivity contribution is 0.992. The number of nitrogens with zero attached hydrogens (tertiary/aromatic N) is 2. The summed E-state index contributed by atoms with van der Waals surface area (Å²) in [5.41, 5.74) is 1.16. The average molecular weight is 121 g/mol. The fourth-order valence-corrected chi connectivity index (χ4v) is 0.586. The number of rotatable bonds is 1. The molecule has 1 aromatic heterocycles. The second kappa shape index (κ2) is 2.49. The van der Waals surface area contributed by atoms with Gasteiger partial charge in [0.2, 0.25) is 0 Å². The Kier molecular flexibility index (Phi) is 1.68. The molecule has 1 aromatic rings. The second-order valence-corrected chi connectivity index (χ2v) is 2.13. The third-order valence-corrected chi connectivity index (χ3v) is 1.16. The lowest BCUT2D eigenvalue weighted by Gasteiger charge is -1.90. The van der Waals surface area contributed by atoms with Crippen LogP contribution in [-0.2, 0) is 0 Å². The van der Waals surface area contributed by atoms with Crippen LogP contribution in [0.2, 0.25) is 0 Å². The van der Waals surface area contributed by atoms with Crippen LogP contribution in [0, 0.1) is 5.92 Å². The molecule has 0 unspecified atom stereocenters. The maximum Gasteiger partial charge on any atom is 0.160 e. The van der Waals surface area contributed by atoms with Crippen LogP contribution in [0.25, 0.3) is 0 Å². The van der Waals surface area contributed by atoms with Gasteiger partial charge < -0.3 is 0 Å². The number of hydrogen-bond acceptors (Lipinski definition) is 2. The van der Waals surface area contributed by atoms with Gasteiger partial charge in [0, 0.05) is 19.8 Å². The summed E-state index contributed by atoms with van der Waals surface area (Å²) in [5, 5.41) is 7.40. The van der Waals surface area contributed by atoms with Crippen molar-refractivity contribution in [2.24, 2.45) is 0 Å². The fourth-order valence-electron chi connectivity index (χ4n) is 0.586. The van der Waals surface area contributed by atoms with Crippen LogP contribution < -0.4 is 0 Å². The van der Waals surface area contributed by atoms with Gasteiger partial charge in [-0.25, -0.2) is 0 Å². The number of hydrogen-bond donors (Lipinski definition) is 0. The van der Waals surface area contributed by atoms with E-state index in [2.05, 4.69) is 24.0 Å². The highest BCUT2D eigenvalue weighted by atomic mass is 15.1. The summed E-state index contributed by atoms with van der Waals surface area (Å²) in [6, 6.07) is 1.95. The fraction of sp³-hybridized carbons (Fsp3) is 0.286. The summed E-state index contributed by atoms with van der Waals surface area (Å²) < 4.78 is 0. The first kappa shape index (κ1) is 6.08. The molecule has 0 aliphatic carbocycles. The Labute approximate surface area is 54.9 Å². The molecule has 0 radical (unpaired) electrons. The van der Waals surface area contributed by atoms with Gasteiger partial charge in [0.05, 0.1) is 6.07 Å². The van der Waals surface area contributed by atoms with Crippen LogP contribution in [0.5, 0.6) is 0 Å². The summed E-state index contributed by atoms with van der Waals surface area (Å²) in [7, 11) is 0. The van der Waals surface area contributed by atoms with E-state index in [1.807, 2.05) is 6.07 Å². The molecule has 0 amide bonds. The molecule has 0 spiro atoms. The smallest absolute Gasteiger partial charge is 0.130 e. The van der Waals surface area contributed by atoms with E-state index in [9.17, 15) is 0 Å². The first-order valence-corrected chi connectivity index (χ1v) is 2.88. The van der Waals surface area contributed by atoms with E-state index < -0.39 is 0 Å². The van der Waals surface area contributed by atoms with Crippen molar-refractivity contribution in [1.29, 1.82) is 0 Å². The zero-order valence-corrected chi connectivity index (χ0v) is 5.63. The van der Waals surface area contributed by atoms with Gasteiger partial charge in [0.25, 0.3) is 0 Å². The van der Waals surface area contributed by atoms with E-state index in [1.165, 1.54) is 5.92 Å². The second-order valence-electron chi connectivity index (χ2n) is 2.13. The van der Waals surface area contributed by atoms with Crippen molar-refractivity contribution in [3.8, 4) is 0 Å². The van der Waals surface area contributed by atoms with Crippen LogP contribution in [0.3, 0.4) is 0 Å². The maximum absolute atomic E-state index is 3.74. The molecule has 0 aliphatic heterocycles. The van der Waals surface area contributed by atoms with E-state index >= 15 is 0 Å². The predicted molar refractivity (Wildman–Crippen MR) is 35.7 cm³/mol. The van der Waals surface area contributed by atoms with Crippen LogP contribution >= 0.6 is 0 Å². The molecule has 1 heterocycles. The summed E-state index contributed by atoms with van der Waals surface area (Å²) >= 11 is 0. The third kappa shape index (κ3) is 1.42. The highest BCUT2D eigenvalue weighted by molar-refractivity contribution is 5.22. The first-order valence-electron chi connectivity index (χ1n) is 2.88. The third-order valence-electron chi connectivity index (χ3n) is 1.16. The molecule has 0 saturated carbocycles. The van der Waals surface area contributed by atoms with Gasteiger partial charge in [-0.1, -0.05) is 5.10 Å². The zero-order valence-electron chi connectivity index (χ0n) is 5.63. The molecule has 1 rings (SSSR count). The van der Waals surface area contributed by atoms with Crippen molar-refractivity contribution >= 4 is 0 Å². The molecule has 0 aromatic carbocycles. The molecule has 0 fully saturated rings. The molecular weight excluding hydrogens is 112 g/mol. The van der Waals surface area contributed by atoms with E-state index in [-0.39, 0.29) is 0 Å². The molecule has 0 N–H and O–H groups in total. The largest absolute Gasteiger partial charge is 0.160 e. The van der Waals surface area contributed by atoms with Gasteiger partial charge in [-0.2, -0.15) is 0 Å². The van der Waals surface area contributed by atoms with Crippen LogP contribution in [0.1, 0.15) is 19.4 Å². The highest BCUT2D eigenvalue weighted by Crippen LogP contribution is 2.08. The molecule has 0 aliphatic rings. The minimum absolute atomic E-state index is 1.16. The molecule has 0 bridgehead atoms. The first-order chi connectivity index (χ1) is 4.30. The van der Waals surface area contributed by atoms with Crippen molar-refractivity contribution in [3.05, 3.63) is 29.9 Å². The maximum atomic E-state index is 3.74. The summed E-state index contributed by atoms with van der Waals surface area (Å²) in [4.78, 5) is 0. The van der Waals surface area contributed by atoms with Gasteiger partial charge in [-0.15, -0.1) is 5.10 Å². The SMILES string of the molecule is C[C+](C)c1ccnnc1.